The summed E-state index contributed by atoms with van der Waals surface area (Å²) in [7, 11) is 0. The summed E-state index contributed by atoms with van der Waals surface area (Å²) < 4.78 is 0. The van der Waals surface area contributed by atoms with E-state index >= 15 is 0 Å². The van der Waals surface area contributed by atoms with Crippen molar-refractivity contribution in [2.45, 2.75) is 137 Å². The van der Waals surface area contributed by atoms with Gasteiger partial charge in [0, 0.05) is 0 Å². The fourth-order valence-corrected chi connectivity index (χ4v) is 2.63. The number of carboxylic acid groups (broad SMARTS) is 1. The van der Waals surface area contributed by atoms with E-state index in [4.69, 9.17) is 5.11 Å². The number of aliphatic carboxylic acids is 1. The summed E-state index contributed by atoms with van der Waals surface area (Å²) in [6, 6.07) is 0. The molecular formula is C25H48O6. The van der Waals surface area contributed by atoms with Crippen LogP contribution in [0.2, 0.25) is 0 Å². The van der Waals surface area contributed by atoms with Crippen LogP contribution in [0.4, 0.5) is 0 Å². The van der Waals surface area contributed by atoms with Crippen molar-refractivity contribution >= 4 is 17.9 Å². The Balaban J connectivity index is 0. The van der Waals surface area contributed by atoms with Crippen LogP contribution in [-0.2, 0) is 24.2 Å². The average molecular weight is 445 g/mol. The summed E-state index contributed by atoms with van der Waals surface area (Å²) in [5, 5.41) is 8.25. The van der Waals surface area contributed by atoms with E-state index in [0.29, 0.717) is 12.8 Å². The second kappa shape index (κ2) is 21.6. The molecule has 0 aromatic carbocycles. The molecule has 0 spiro atoms. The predicted octanol–water partition coefficient (Wildman–Crippen LogP) is 7.39. The van der Waals surface area contributed by atoms with Crippen molar-refractivity contribution in [2.24, 2.45) is 5.41 Å². The van der Waals surface area contributed by atoms with Gasteiger partial charge in [-0.1, -0.05) is 90.9 Å². The first kappa shape index (κ1) is 31.6. The van der Waals surface area contributed by atoms with Crippen molar-refractivity contribution in [1.82, 2.24) is 0 Å². The van der Waals surface area contributed by atoms with Gasteiger partial charge in [-0.05, 0) is 33.6 Å². The Morgan fingerprint density at radius 1 is 0.581 bits per heavy atom. The fourth-order valence-electron chi connectivity index (χ4n) is 2.63. The molecule has 0 unspecified atom stereocenters. The van der Waals surface area contributed by atoms with Crippen molar-refractivity contribution in [3.63, 3.8) is 0 Å². The number of hydrogen-bond donors (Lipinski definition) is 1. The Labute approximate surface area is 190 Å². The second-order valence-corrected chi connectivity index (χ2v) is 9.21. The summed E-state index contributed by atoms with van der Waals surface area (Å²) in [4.78, 5) is 42.1. The minimum Gasteiger partial charge on any atom is -0.481 e. The van der Waals surface area contributed by atoms with Gasteiger partial charge in [0.2, 0.25) is 0 Å². The molecule has 0 aromatic rings. The van der Waals surface area contributed by atoms with Gasteiger partial charge in [-0.2, -0.15) is 0 Å². The first-order valence-corrected chi connectivity index (χ1v) is 12.3. The molecule has 0 rings (SSSR count). The Bertz CT molecular complexity index is 423. The van der Waals surface area contributed by atoms with E-state index in [1.807, 2.05) is 0 Å². The lowest BCUT2D eigenvalue weighted by Gasteiger charge is -2.08. The quantitative estimate of drug-likeness (QED) is 0.152. The third-order valence-electron chi connectivity index (χ3n) is 4.84. The molecule has 0 aromatic heterocycles. The van der Waals surface area contributed by atoms with Crippen molar-refractivity contribution in [2.75, 3.05) is 0 Å². The third-order valence-corrected chi connectivity index (χ3v) is 4.84. The normalized spacial score (nSPS) is 10.7. The zero-order valence-electron chi connectivity index (χ0n) is 20.8. The second-order valence-electron chi connectivity index (χ2n) is 9.21. The van der Waals surface area contributed by atoms with E-state index < -0.39 is 23.3 Å². The lowest BCUT2D eigenvalue weighted by Crippen LogP contribution is -2.18. The van der Waals surface area contributed by atoms with Crippen molar-refractivity contribution in [3.8, 4) is 0 Å². The smallest absolute Gasteiger partial charge is 0.355 e. The maximum Gasteiger partial charge on any atom is 0.355 e. The van der Waals surface area contributed by atoms with Gasteiger partial charge in [-0.3, -0.25) is 4.79 Å². The van der Waals surface area contributed by atoms with Crippen LogP contribution in [0.5, 0.6) is 0 Å². The summed E-state index contributed by atoms with van der Waals surface area (Å²) >= 11 is 0. The SMILES string of the molecule is CC(C)(C)C(=O)O.CCCCCCCCCC(=O)OOC(=O)CCCCCCCCC. The largest absolute Gasteiger partial charge is 0.481 e. The van der Waals surface area contributed by atoms with Gasteiger partial charge < -0.3 is 5.11 Å². The highest BCUT2D eigenvalue weighted by Crippen LogP contribution is 2.12. The summed E-state index contributed by atoms with van der Waals surface area (Å²) in [5.41, 5.74) is -0.583. The fraction of sp³-hybridized carbons (Fsp3) is 0.880. The molecular weight excluding hydrogens is 396 g/mol. The molecule has 0 saturated heterocycles. The van der Waals surface area contributed by atoms with Crippen LogP contribution in [0.3, 0.4) is 0 Å². The van der Waals surface area contributed by atoms with Gasteiger partial charge in [-0.15, -0.1) is 0 Å². The molecule has 0 bridgehead atoms. The molecule has 0 saturated carbocycles. The molecule has 6 heteroatoms. The lowest BCUT2D eigenvalue weighted by molar-refractivity contribution is -0.259. The van der Waals surface area contributed by atoms with Gasteiger partial charge >= 0.3 is 17.9 Å². The number of carboxylic acids is 1. The highest BCUT2D eigenvalue weighted by molar-refractivity contribution is 5.73. The number of rotatable bonds is 16. The minimum absolute atomic E-state index is 0.332. The standard InChI is InChI=1S/C20H38O4.C5H10O2/c1-3-5-7-9-11-13-15-17-19(21)23-24-20(22)18-16-14-12-10-8-6-4-2;1-5(2,3)4(6)7/h3-18H2,1-2H3;1-3H3,(H,6,7). The molecule has 0 fully saturated rings. The van der Waals surface area contributed by atoms with Crippen molar-refractivity contribution in [1.29, 1.82) is 0 Å². The van der Waals surface area contributed by atoms with Crippen molar-refractivity contribution in [3.05, 3.63) is 0 Å². The van der Waals surface area contributed by atoms with Crippen LogP contribution in [-0.4, -0.2) is 23.0 Å². The van der Waals surface area contributed by atoms with Crippen LogP contribution in [0, 0.1) is 5.41 Å². The van der Waals surface area contributed by atoms with E-state index in [1.165, 1.54) is 51.4 Å². The summed E-state index contributed by atoms with van der Waals surface area (Å²) in [6.07, 6.45) is 16.7. The van der Waals surface area contributed by atoms with Gasteiger partial charge in [0.25, 0.3) is 0 Å². The number of hydrogen-bond acceptors (Lipinski definition) is 5. The van der Waals surface area contributed by atoms with Crippen LogP contribution in [0.1, 0.15) is 137 Å². The van der Waals surface area contributed by atoms with Crippen LogP contribution < -0.4 is 0 Å². The van der Waals surface area contributed by atoms with E-state index in [-0.39, 0.29) is 0 Å². The predicted molar refractivity (Wildman–Crippen MR) is 124 cm³/mol. The van der Waals surface area contributed by atoms with E-state index in [0.717, 1.165) is 38.5 Å². The summed E-state index contributed by atoms with van der Waals surface area (Å²) in [6.45, 7) is 9.38. The molecule has 0 amide bonds. The number of carbonyl (C=O) groups excluding carboxylic acids is 2. The maximum atomic E-state index is 11.5. The molecule has 0 heterocycles. The molecule has 0 radical (unpaired) electrons. The molecule has 6 nitrogen and oxygen atoms in total. The Kier molecular flexibility index (Phi) is 22.1. The number of carbonyl (C=O) groups is 3. The van der Waals surface area contributed by atoms with Gasteiger partial charge in [0.1, 0.15) is 0 Å². The number of unbranched alkanes of at least 4 members (excludes halogenated alkanes) is 12. The minimum atomic E-state index is -0.757. The van der Waals surface area contributed by atoms with Crippen LogP contribution >= 0.6 is 0 Å². The summed E-state index contributed by atoms with van der Waals surface area (Å²) in [5.74, 6) is -1.62. The maximum absolute atomic E-state index is 11.5. The molecule has 0 aliphatic rings. The zero-order valence-corrected chi connectivity index (χ0v) is 20.8. The Morgan fingerprint density at radius 2 is 0.839 bits per heavy atom. The highest BCUT2D eigenvalue weighted by Gasteiger charge is 2.18. The molecule has 184 valence electrons. The molecule has 0 atom stereocenters. The molecule has 31 heavy (non-hydrogen) atoms. The van der Waals surface area contributed by atoms with Gasteiger partial charge in [0.05, 0.1) is 18.3 Å². The highest BCUT2D eigenvalue weighted by atomic mass is 17.2. The van der Waals surface area contributed by atoms with E-state index in [2.05, 4.69) is 23.6 Å². The lowest BCUT2D eigenvalue weighted by atomic mass is 9.98. The average Bonchev–Trinajstić information content (AvgIpc) is 2.70. The zero-order chi connectivity index (χ0) is 24.0. The topological polar surface area (TPSA) is 89.9 Å². The first-order valence-electron chi connectivity index (χ1n) is 12.3. The molecule has 1 N–H and O–H groups in total. The monoisotopic (exact) mass is 444 g/mol. The van der Waals surface area contributed by atoms with E-state index in [9.17, 15) is 14.4 Å². The molecule has 0 aliphatic carbocycles. The third kappa shape index (κ3) is 26.4. The van der Waals surface area contributed by atoms with Crippen LogP contribution in [0.15, 0.2) is 0 Å². The first-order chi connectivity index (χ1) is 14.6. The van der Waals surface area contributed by atoms with Gasteiger partial charge in [0.15, 0.2) is 0 Å². The van der Waals surface area contributed by atoms with Crippen molar-refractivity contribution < 1.29 is 29.3 Å². The van der Waals surface area contributed by atoms with Crippen LogP contribution in [0.25, 0.3) is 0 Å². The van der Waals surface area contributed by atoms with Gasteiger partial charge in [-0.25, -0.2) is 19.4 Å². The Hall–Kier alpha value is -1.59. The van der Waals surface area contributed by atoms with E-state index in [1.54, 1.807) is 20.8 Å². The Morgan fingerprint density at radius 3 is 1.10 bits per heavy atom. The molecule has 0 aliphatic heterocycles.